The van der Waals surface area contributed by atoms with Crippen molar-refractivity contribution >= 4 is 17.2 Å². The van der Waals surface area contributed by atoms with Crippen LogP contribution in [0.2, 0.25) is 0 Å². The van der Waals surface area contributed by atoms with Crippen molar-refractivity contribution < 1.29 is 14.1 Å². The fourth-order valence-electron chi connectivity index (χ4n) is 4.71. The third kappa shape index (κ3) is 5.54. The largest absolute Gasteiger partial charge is 0.348 e. The standard InChI is InChI=1S/C32H27FN2O3/c1-21-5-12-27(19-31(21)33)26-14-13-25-15-16-29(30(25)18-26)32(36)34-20-24-10-7-22(8-11-24)6-9-23-3-2-4-28(17-23)35(37)38/h2-5,7-8,10-14,16-19H,6,9,15,20H2,1H3,(H,34,36). The average molecular weight is 507 g/mol. The first-order valence-corrected chi connectivity index (χ1v) is 12.6. The molecule has 1 aliphatic carbocycles. The fourth-order valence-corrected chi connectivity index (χ4v) is 4.71. The highest BCUT2D eigenvalue weighted by Gasteiger charge is 2.21. The van der Waals surface area contributed by atoms with Crippen LogP contribution in [0.3, 0.4) is 0 Å². The van der Waals surface area contributed by atoms with Crippen molar-refractivity contribution in [3.05, 3.63) is 140 Å². The lowest BCUT2D eigenvalue weighted by Gasteiger charge is -2.11. The summed E-state index contributed by atoms with van der Waals surface area (Å²) in [5.41, 5.74) is 8.02. The van der Waals surface area contributed by atoms with E-state index in [1.165, 1.54) is 12.1 Å². The van der Waals surface area contributed by atoms with Crippen LogP contribution in [0.1, 0.15) is 33.4 Å². The van der Waals surface area contributed by atoms with Crippen LogP contribution in [-0.2, 0) is 30.6 Å². The molecular weight excluding hydrogens is 479 g/mol. The van der Waals surface area contributed by atoms with Gasteiger partial charge in [0.15, 0.2) is 0 Å². The highest BCUT2D eigenvalue weighted by molar-refractivity contribution is 6.21. The number of carbonyl (C=O) groups excluding carboxylic acids is 1. The Labute approximate surface area is 220 Å². The van der Waals surface area contributed by atoms with Crippen molar-refractivity contribution in [3.8, 4) is 11.1 Å². The van der Waals surface area contributed by atoms with Crippen LogP contribution in [0.5, 0.6) is 0 Å². The molecule has 190 valence electrons. The number of aryl methyl sites for hydroxylation is 3. The van der Waals surface area contributed by atoms with Crippen molar-refractivity contribution in [1.82, 2.24) is 5.32 Å². The van der Waals surface area contributed by atoms with E-state index in [1.807, 2.05) is 60.7 Å². The minimum Gasteiger partial charge on any atom is -0.348 e. The normalized spacial score (nSPS) is 12.1. The number of nitro groups is 1. The predicted molar refractivity (Wildman–Crippen MR) is 147 cm³/mol. The maximum atomic E-state index is 14.1. The van der Waals surface area contributed by atoms with Gasteiger partial charge in [0.05, 0.1) is 4.92 Å². The smallest absolute Gasteiger partial charge is 0.269 e. The van der Waals surface area contributed by atoms with Crippen molar-refractivity contribution in [2.24, 2.45) is 0 Å². The molecule has 0 fully saturated rings. The van der Waals surface area contributed by atoms with Gasteiger partial charge >= 0.3 is 0 Å². The summed E-state index contributed by atoms with van der Waals surface area (Å²) < 4.78 is 14.1. The molecule has 0 radical (unpaired) electrons. The maximum Gasteiger partial charge on any atom is 0.269 e. The Morgan fingerprint density at radius 3 is 2.37 bits per heavy atom. The molecule has 4 aromatic rings. The number of halogens is 1. The van der Waals surface area contributed by atoms with Gasteiger partial charge in [0.2, 0.25) is 0 Å². The molecule has 1 aliphatic rings. The Morgan fingerprint density at radius 1 is 0.895 bits per heavy atom. The molecule has 0 atom stereocenters. The molecule has 6 heteroatoms. The topological polar surface area (TPSA) is 72.2 Å². The van der Waals surface area contributed by atoms with E-state index >= 15 is 0 Å². The molecule has 0 aromatic heterocycles. The number of nitrogens with zero attached hydrogens (tertiary/aromatic N) is 1. The lowest BCUT2D eigenvalue weighted by Crippen LogP contribution is -2.23. The van der Waals surface area contributed by atoms with E-state index in [9.17, 15) is 19.3 Å². The van der Waals surface area contributed by atoms with Gasteiger partial charge in [-0.2, -0.15) is 0 Å². The second kappa shape index (κ2) is 10.8. The quantitative estimate of drug-likeness (QED) is 0.212. The average Bonchev–Trinajstić information content (AvgIpc) is 3.36. The van der Waals surface area contributed by atoms with Crippen molar-refractivity contribution in [2.75, 3.05) is 0 Å². The molecule has 0 spiro atoms. The summed E-state index contributed by atoms with van der Waals surface area (Å²) in [4.78, 5) is 23.6. The summed E-state index contributed by atoms with van der Waals surface area (Å²) in [5.74, 6) is -0.377. The highest BCUT2D eigenvalue weighted by atomic mass is 19.1. The number of nitrogens with one attached hydrogen (secondary N) is 1. The SMILES string of the molecule is Cc1ccc(-c2ccc3c(c2)C(C(=O)NCc2ccc(CCc4cccc([N+](=O)[O-])c4)cc2)=CC3)cc1F. The van der Waals surface area contributed by atoms with E-state index in [-0.39, 0.29) is 22.3 Å². The zero-order valence-electron chi connectivity index (χ0n) is 21.0. The van der Waals surface area contributed by atoms with Gasteiger partial charge in [0, 0.05) is 24.3 Å². The van der Waals surface area contributed by atoms with Gasteiger partial charge in [-0.3, -0.25) is 14.9 Å². The van der Waals surface area contributed by atoms with Gasteiger partial charge in [0.25, 0.3) is 11.6 Å². The Morgan fingerprint density at radius 2 is 1.61 bits per heavy atom. The number of hydrogen-bond donors (Lipinski definition) is 1. The van der Waals surface area contributed by atoms with Crippen LogP contribution in [0, 0.1) is 22.9 Å². The highest BCUT2D eigenvalue weighted by Crippen LogP contribution is 2.32. The molecule has 0 unspecified atom stereocenters. The number of benzene rings is 4. The Kier molecular flexibility index (Phi) is 7.13. The molecule has 38 heavy (non-hydrogen) atoms. The van der Waals surface area contributed by atoms with Gasteiger partial charge in [-0.1, -0.05) is 66.7 Å². The van der Waals surface area contributed by atoms with Crippen LogP contribution >= 0.6 is 0 Å². The maximum absolute atomic E-state index is 14.1. The zero-order chi connectivity index (χ0) is 26.6. The third-order valence-electron chi connectivity index (χ3n) is 6.98. The zero-order valence-corrected chi connectivity index (χ0v) is 21.0. The van der Waals surface area contributed by atoms with Gasteiger partial charge < -0.3 is 5.32 Å². The molecule has 1 amide bonds. The van der Waals surface area contributed by atoms with E-state index < -0.39 is 0 Å². The first kappa shape index (κ1) is 25.1. The molecular formula is C32H27FN2O3. The van der Waals surface area contributed by atoms with Gasteiger partial charge in [-0.25, -0.2) is 4.39 Å². The molecule has 1 N–H and O–H groups in total. The number of carbonyl (C=O) groups is 1. The second-order valence-electron chi connectivity index (χ2n) is 9.58. The minimum absolute atomic E-state index is 0.105. The minimum atomic E-state index is -0.378. The van der Waals surface area contributed by atoms with E-state index in [0.717, 1.165) is 45.4 Å². The molecule has 0 heterocycles. The summed E-state index contributed by atoms with van der Waals surface area (Å²) in [7, 11) is 0. The Bertz CT molecular complexity index is 1560. The van der Waals surface area contributed by atoms with Crippen LogP contribution < -0.4 is 5.32 Å². The van der Waals surface area contributed by atoms with Crippen LogP contribution in [-0.4, -0.2) is 10.8 Å². The first-order chi connectivity index (χ1) is 18.4. The molecule has 0 bridgehead atoms. The number of allylic oxidation sites excluding steroid dienone is 1. The third-order valence-corrected chi connectivity index (χ3v) is 6.98. The van der Waals surface area contributed by atoms with Crippen LogP contribution in [0.15, 0.2) is 91.0 Å². The monoisotopic (exact) mass is 506 g/mol. The Balaban J connectivity index is 1.19. The Hall–Kier alpha value is -4.58. The second-order valence-corrected chi connectivity index (χ2v) is 9.58. The van der Waals surface area contributed by atoms with E-state index in [1.54, 1.807) is 25.1 Å². The van der Waals surface area contributed by atoms with Crippen molar-refractivity contribution in [2.45, 2.75) is 32.7 Å². The molecule has 5 rings (SSSR count). The number of hydrogen-bond acceptors (Lipinski definition) is 3. The molecule has 0 aliphatic heterocycles. The molecule has 0 saturated heterocycles. The number of nitro benzene ring substituents is 1. The molecule has 5 nitrogen and oxygen atoms in total. The predicted octanol–water partition coefficient (Wildman–Crippen LogP) is 6.75. The summed E-state index contributed by atoms with van der Waals surface area (Å²) in [6.45, 7) is 2.14. The number of rotatable bonds is 8. The van der Waals surface area contributed by atoms with Crippen molar-refractivity contribution in [1.29, 1.82) is 0 Å². The van der Waals surface area contributed by atoms with Crippen molar-refractivity contribution in [3.63, 3.8) is 0 Å². The van der Waals surface area contributed by atoms with Crippen LogP contribution in [0.25, 0.3) is 16.7 Å². The lowest BCUT2D eigenvalue weighted by atomic mass is 9.97. The lowest BCUT2D eigenvalue weighted by molar-refractivity contribution is -0.384. The van der Waals surface area contributed by atoms with E-state index in [0.29, 0.717) is 30.5 Å². The first-order valence-electron chi connectivity index (χ1n) is 12.6. The van der Waals surface area contributed by atoms with E-state index in [4.69, 9.17) is 0 Å². The van der Waals surface area contributed by atoms with Gasteiger partial charge in [-0.05, 0) is 82.8 Å². The number of non-ortho nitro benzene ring substituents is 1. The number of fused-ring (bicyclic) bond motifs is 1. The summed E-state index contributed by atoms with van der Waals surface area (Å²) >= 11 is 0. The molecule has 0 saturated carbocycles. The fraction of sp³-hybridized carbons (Fsp3) is 0.156. The summed E-state index contributed by atoms with van der Waals surface area (Å²) in [6, 6.07) is 25.9. The molecule has 4 aromatic carbocycles. The van der Waals surface area contributed by atoms with E-state index in [2.05, 4.69) is 5.32 Å². The summed E-state index contributed by atoms with van der Waals surface area (Å²) in [5, 5.41) is 14.0. The summed E-state index contributed by atoms with van der Waals surface area (Å²) in [6.07, 6.45) is 4.11. The van der Waals surface area contributed by atoms with Crippen LogP contribution in [0.4, 0.5) is 10.1 Å². The van der Waals surface area contributed by atoms with Gasteiger partial charge in [0.1, 0.15) is 5.82 Å². The number of amides is 1. The van der Waals surface area contributed by atoms with Gasteiger partial charge in [-0.15, -0.1) is 0 Å².